The molecule has 0 aliphatic heterocycles. The molecule has 0 radical (unpaired) electrons. The zero-order valence-corrected chi connectivity index (χ0v) is 14.9. The van der Waals surface area contributed by atoms with Crippen molar-refractivity contribution in [1.29, 1.82) is 0 Å². The van der Waals surface area contributed by atoms with Gasteiger partial charge in [0.2, 0.25) is 0 Å². The molecule has 1 saturated carbocycles. The molecule has 0 aromatic rings. The first kappa shape index (κ1) is 15.8. The maximum absolute atomic E-state index is 12.0. The van der Waals surface area contributed by atoms with Crippen LogP contribution >= 0.6 is 0 Å². The van der Waals surface area contributed by atoms with Crippen LogP contribution in [0.3, 0.4) is 0 Å². The average Bonchev–Trinajstić information content (AvgIpc) is 2.34. The van der Waals surface area contributed by atoms with Crippen LogP contribution in [0.15, 0.2) is 0 Å². The molecule has 0 spiro atoms. The Hall–Kier alpha value is -0.261. The zero-order chi connectivity index (χ0) is 13.8. The molecule has 5 heteroatoms. The van der Waals surface area contributed by atoms with E-state index in [1.807, 2.05) is 0 Å². The fourth-order valence-corrected chi connectivity index (χ4v) is 8.42. The van der Waals surface area contributed by atoms with Gasteiger partial charge in [-0.15, -0.1) is 0 Å². The van der Waals surface area contributed by atoms with Crippen LogP contribution in [0.25, 0.3) is 0 Å². The molecule has 1 fully saturated rings. The number of hydrogen-bond acceptors (Lipinski definition) is 2. The minimum atomic E-state index is -1.89. The summed E-state index contributed by atoms with van der Waals surface area (Å²) in [6.07, 6.45) is 4.83. The summed E-state index contributed by atoms with van der Waals surface area (Å²) in [5.41, 5.74) is 5.02. The Morgan fingerprint density at radius 3 is 2.39 bits per heavy atom. The molecule has 2 N–H and O–H groups in total. The Morgan fingerprint density at radius 1 is 1.17 bits per heavy atom. The number of rotatable bonds is 3. The van der Waals surface area contributed by atoms with Gasteiger partial charge in [-0.05, 0) is 0 Å². The van der Waals surface area contributed by atoms with Gasteiger partial charge in [0.15, 0.2) is 0 Å². The van der Waals surface area contributed by atoms with Gasteiger partial charge in [-0.25, -0.2) is 0 Å². The first-order valence-electron chi connectivity index (χ1n) is 6.93. The number of carbonyl (C=O) groups is 2. The number of amides is 2. The molecule has 1 aliphatic rings. The fourth-order valence-electron chi connectivity index (χ4n) is 2.54. The quantitative estimate of drug-likeness (QED) is 0.599. The third-order valence-electron chi connectivity index (χ3n) is 3.92. The fraction of sp³-hybridized carbons (Fsp3) is 0.846. The van der Waals surface area contributed by atoms with E-state index in [0.29, 0.717) is 6.42 Å². The molecule has 2 unspecified atom stereocenters. The SMILES string of the molecule is CCC(=O)NNC(=O)C1CCC[CH]([Sn]([CH3])([CH3])[CH3])C1. The second kappa shape index (κ2) is 6.77. The van der Waals surface area contributed by atoms with Crippen LogP contribution in [-0.2, 0) is 9.59 Å². The summed E-state index contributed by atoms with van der Waals surface area (Å²) >= 11 is -1.89. The van der Waals surface area contributed by atoms with Crippen LogP contribution in [0.2, 0.25) is 18.8 Å². The van der Waals surface area contributed by atoms with E-state index in [1.54, 1.807) is 6.92 Å². The Balaban J connectivity index is 2.46. The molecular formula is C13H26N2O2Sn. The minimum absolute atomic E-state index is 0.00274. The Morgan fingerprint density at radius 2 is 1.83 bits per heavy atom. The van der Waals surface area contributed by atoms with Crippen LogP contribution in [-0.4, -0.2) is 30.2 Å². The molecule has 104 valence electrons. The van der Waals surface area contributed by atoms with Gasteiger partial charge in [0.05, 0.1) is 0 Å². The van der Waals surface area contributed by atoms with Crippen molar-refractivity contribution in [3.63, 3.8) is 0 Å². The molecule has 2 amide bonds. The molecular weight excluding hydrogens is 335 g/mol. The molecule has 0 bridgehead atoms. The second-order valence-electron chi connectivity index (χ2n) is 6.32. The van der Waals surface area contributed by atoms with Crippen molar-refractivity contribution in [2.75, 3.05) is 0 Å². The van der Waals surface area contributed by atoms with Gasteiger partial charge in [-0.2, -0.15) is 0 Å². The van der Waals surface area contributed by atoms with Gasteiger partial charge in [-0.3, -0.25) is 0 Å². The predicted molar refractivity (Wildman–Crippen MR) is 75.6 cm³/mol. The van der Waals surface area contributed by atoms with Crippen LogP contribution < -0.4 is 10.9 Å². The van der Waals surface area contributed by atoms with Gasteiger partial charge < -0.3 is 0 Å². The van der Waals surface area contributed by atoms with Crippen molar-refractivity contribution >= 4 is 30.2 Å². The van der Waals surface area contributed by atoms with E-state index in [9.17, 15) is 9.59 Å². The van der Waals surface area contributed by atoms with Gasteiger partial charge in [0, 0.05) is 0 Å². The van der Waals surface area contributed by atoms with Gasteiger partial charge >= 0.3 is 114 Å². The van der Waals surface area contributed by atoms with Crippen LogP contribution in [0.5, 0.6) is 0 Å². The molecule has 0 saturated heterocycles. The zero-order valence-electron chi connectivity index (χ0n) is 12.0. The van der Waals surface area contributed by atoms with Crippen molar-refractivity contribution in [3.8, 4) is 0 Å². The maximum atomic E-state index is 12.0. The summed E-state index contributed by atoms with van der Waals surface area (Å²) in [5, 5.41) is 0. The number of nitrogens with one attached hydrogen (secondary N) is 2. The molecule has 0 aromatic heterocycles. The van der Waals surface area contributed by atoms with E-state index in [2.05, 4.69) is 25.7 Å². The molecule has 4 nitrogen and oxygen atoms in total. The molecule has 1 aliphatic carbocycles. The van der Waals surface area contributed by atoms with Crippen LogP contribution in [0, 0.1) is 5.92 Å². The topological polar surface area (TPSA) is 58.2 Å². The van der Waals surface area contributed by atoms with Gasteiger partial charge in [-0.1, -0.05) is 0 Å². The standard InChI is InChI=1S/C10H17N2O2.3CH3.Sn/c1-2-9(13)11-12-10(14)8-6-4-3-5-7-8;;;;/h4,8H,2-3,5-7H2,1H3,(H,11,13)(H,12,14);3*1H3;. The molecule has 0 aromatic carbocycles. The van der Waals surface area contributed by atoms with Crippen molar-refractivity contribution in [2.45, 2.75) is 57.8 Å². The molecule has 2 atom stereocenters. The summed E-state index contributed by atoms with van der Waals surface area (Å²) in [6.45, 7) is 1.77. The first-order valence-corrected chi connectivity index (χ1v) is 17.1. The summed E-state index contributed by atoms with van der Waals surface area (Å²) in [7, 11) is 0. The normalized spacial score (nSPS) is 24.4. The van der Waals surface area contributed by atoms with E-state index in [4.69, 9.17) is 0 Å². The number of carbonyl (C=O) groups excluding carboxylic acids is 2. The summed E-state index contributed by atoms with van der Waals surface area (Å²) in [6, 6.07) is 0. The summed E-state index contributed by atoms with van der Waals surface area (Å²) in [4.78, 5) is 30.4. The monoisotopic (exact) mass is 362 g/mol. The average molecular weight is 361 g/mol. The van der Waals surface area contributed by atoms with Crippen molar-refractivity contribution in [2.24, 2.45) is 5.92 Å². The van der Waals surface area contributed by atoms with E-state index in [0.717, 1.165) is 23.2 Å². The third kappa shape index (κ3) is 4.78. The van der Waals surface area contributed by atoms with Crippen LogP contribution in [0.4, 0.5) is 0 Å². The van der Waals surface area contributed by atoms with Crippen molar-refractivity contribution in [3.05, 3.63) is 0 Å². The number of hydrazine groups is 1. The van der Waals surface area contributed by atoms with E-state index < -0.39 is 18.4 Å². The number of hydrogen-bond donors (Lipinski definition) is 2. The van der Waals surface area contributed by atoms with Gasteiger partial charge in [0.1, 0.15) is 0 Å². The summed E-state index contributed by atoms with van der Waals surface area (Å²) in [5.74, 6) is -0.0421. The molecule has 18 heavy (non-hydrogen) atoms. The Labute approximate surface area is 114 Å². The Bertz CT molecular complexity index is 313. The van der Waals surface area contributed by atoms with E-state index in [-0.39, 0.29) is 17.7 Å². The van der Waals surface area contributed by atoms with Crippen molar-refractivity contribution < 1.29 is 9.59 Å². The second-order valence-corrected chi connectivity index (χ2v) is 22.2. The molecule has 1 rings (SSSR count). The molecule has 0 heterocycles. The third-order valence-corrected chi connectivity index (χ3v) is 12.4. The van der Waals surface area contributed by atoms with E-state index in [1.165, 1.54) is 6.42 Å². The van der Waals surface area contributed by atoms with Gasteiger partial charge in [0.25, 0.3) is 0 Å². The van der Waals surface area contributed by atoms with E-state index >= 15 is 0 Å². The van der Waals surface area contributed by atoms with Crippen LogP contribution in [0.1, 0.15) is 39.0 Å². The summed E-state index contributed by atoms with van der Waals surface area (Å²) < 4.78 is 0.797. The van der Waals surface area contributed by atoms with Crippen molar-refractivity contribution in [1.82, 2.24) is 10.9 Å². The first-order chi connectivity index (χ1) is 8.34. The Kier molecular flexibility index (Phi) is 5.95. The predicted octanol–water partition coefficient (Wildman–Crippen LogP) is 2.44.